The molecule has 0 radical (unpaired) electrons. The van der Waals surface area contributed by atoms with Crippen LogP contribution in [0.4, 0.5) is 0 Å². The first-order chi connectivity index (χ1) is 5.33. The molecule has 1 heterocycles. The SMILES string of the molecule is CCOC(=O)CSC1COC1. The summed E-state index contributed by atoms with van der Waals surface area (Å²) in [7, 11) is 0. The van der Waals surface area contributed by atoms with E-state index in [4.69, 9.17) is 9.47 Å². The van der Waals surface area contributed by atoms with Gasteiger partial charge in [0.05, 0.1) is 30.8 Å². The van der Waals surface area contributed by atoms with E-state index in [9.17, 15) is 4.79 Å². The number of thioether (sulfide) groups is 1. The third kappa shape index (κ3) is 3.12. The Kier molecular flexibility index (Phi) is 3.72. The lowest BCUT2D eigenvalue weighted by molar-refractivity contribution is -0.139. The molecule has 1 fully saturated rings. The molecule has 1 aliphatic rings. The smallest absolute Gasteiger partial charge is 0.315 e. The molecule has 1 aliphatic heterocycles. The Balaban J connectivity index is 1.96. The molecule has 64 valence electrons. The van der Waals surface area contributed by atoms with Gasteiger partial charge in [0.15, 0.2) is 0 Å². The van der Waals surface area contributed by atoms with Crippen LogP contribution in [-0.4, -0.2) is 36.8 Å². The minimum absolute atomic E-state index is 0.121. The molecular formula is C7H12O3S. The van der Waals surface area contributed by atoms with E-state index < -0.39 is 0 Å². The van der Waals surface area contributed by atoms with Gasteiger partial charge in [0, 0.05) is 0 Å². The third-order valence-electron chi connectivity index (χ3n) is 1.35. The second kappa shape index (κ2) is 4.62. The number of hydrogen-bond donors (Lipinski definition) is 0. The van der Waals surface area contributed by atoms with Crippen molar-refractivity contribution >= 4 is 17.7 Å². The van der Waals surface area contributed by atoms with Crippen LogP contribution in [0.5, 0.6) is 0 Å². The average Bonchev–Trinajstić information content (AvgIpc) is 1.85. The Morgan fingerprint density at radius 1 is 1.73 bits per heavy atom. The lowest BCUT2D eigenvalue weighted by Crippen LogP contribution is -2.31. The summed E-state index contributed by atoms with van der Waals surface area (Å²) in [6.07, 6.45) is 0. The van der Waals surface area contributed by atoms with Gasteiger partial charge in [0.2, 0.25) is 0 Å². The molecule has 0 spiro atoms. The summed E-state index contributed by atoms with van der Waals surface area (Å²) in [6.45, 7) is 3.85. The molecule has 0 aliphatic carbocycles. The summed E-state index contributed by atoms with van der Waals surface area (Å²) in [5.74, 6) is 0.339. The Bertz CT molecular complexity index is 134. The highest BCUT2D eigenvalue weighted by Crippen LogP contribution is 2.18. The van der Waals surface area contributed by atoms with Crippen molar-refractivity contribution in [3.63, 3.8) is 0 Å². The van der Waals surface area contributed by atoms with Crippen LogP contribution in [0.3, 0.4) is 0 Å². The molecule has 0 aromatic heterocycles. The van der Waals surface area contributed by atoms with E-state index in [2.05, 4.69) is 0 Å². The number of esters is 1. The minimum Gasteiger partial charge on any atom is -0.465 e. The van der Waals surface area contributed by atoms with E-state index in [1.54, 1.807) is 11.8 Å². The van der Waals surface area contributed by atoms with Crippen molar-refractivity contribution in [2.75, 3.05) is 25.6 Å². The molecule has 0 saturated carbocycles. The van der Waals surface area contributed by atoms with E-state index in [0.717, 1.165) is 13.2 Å². The van der Waals surface area contributed by atoms with Crippen molar-refractivity contribution in [1.29, 1.82) is 0 Å². The van der Waals surface area contributed by atoms with Crippen LogP contribution in [0, 0.1) is 0 Å². The van der Waals surface area contributed by atoms with Crippen LogP contribution in [0.15, 0.2) is 0 Å². The van der Waals surface area contributed by atoms with Crippen molar-refractivity contribution in [2.45, 2.75) is 12.2 Å². The topological polar surface area (TPSA) is 35.5 Å². The molecule has 4 heteroatoms. The number of hydrogen-bond acceptors (Lipinski definition) is 4. The molecular weight excluding hydrogens is 164 g/mol. The largest absolute Gasteiger partial charge is 0.465 e. The Labute approximate surface area is 70.4 Å². The second-order valence-electron chi connectivity index (χ2n) is 2.28. The van der Waals surface area contributed by atoms with Crippen LogP contribution in [-0.2, 0) is 14.3 Å². The van der Waals surface area contributed by atoms with Crippen molar-refractivity contribution in [3.05, 3.63) is 0 Å². The summed E-state index contributed by atoms with van der Waals surface area (Å²) in [6, 6.07) is 0. The minimum atomic E-state index is -0.121. The Morgan fingerprint density at radius 2 is 2.45 bits per heavy atom. The molecule has 3 nitrogen and oxygen atoms in total. The normalized spacial score (nSPS) is 17.5. The zero-order valence-corrected chi connectivity index (χ0v) is 7.36. The van der Waals surface area contributed by atoms with Crippen molar-refractivity contribution in [2.24, 2.45) is 0 Å². The molecule has 1 saturated heterocycles. The van der Waals surface area contributed by atoms with Gasteiger partial charge in [0.25, 0.3) is 0 Å². The van der Waals surface area contributed by atoms with E-state index in [1.807, 2.05) is 6.92 Å². The van der Waals surface area contributed by atoms with Gasteiger partial charge in [-0.05, 0) is 6.92 Å². The molecule has 0 atom stereocenters. The Morgan fingerprint density at radius 3 is 2.91 bits per heavy atom. The highest BCUT2D eigenvalue weighted by Gasteiger charge is 2.19. The van der Waals surface area contributed by atoms with Crippen LogP contribution in [0.1, 0.15) is 6.92 Å². The van der Waals surface area contributed by atoms with E-state index in [1.165, 1.54) is 0 Å². The first-order valence-corrected chi connectivity index (χ1v) is 4.72. The number of carbonyl (C=O) groups is 1. The zero-order chi connectivity index (χ0) is 8.10. The molecule has 1 rings (SSSR count). The number of ether oxygens (including phenoxy) is 2. The van der Waals surface area contributed by atoms with E-state index in [-0.39, 0.29) is 5.97 Å². The van der Waals surface area contributed by atoms with Gasteiger partial charge in [0.1, 0.15) is 0 Å². The van der Waals surface area contributed by atoms with Crippen molar-refractivity contribution < 1.29 is 14.3 Å². The fourth-order valence-corrected chi connectivity index (χ4v) is 1.54. The third-order valence-corrected chi connectivity index (χ3v) is 2.50. The molecule has 0 aromatic rings. The van der Waals surface area contributed by atoms with Crippen LogP contribution >= 0.6 is 11.8 Å². The fourth-order valence-electron chi connectivity index (χ4n) is 0.699. The molecule has 0 aromatic carbocycles. The standard InChI is InChI=1S/C7H12O3S/c1-2-10-7(8)5-11-6-3-9-4-6/h6H,2-5H2,1H3. The maximum atomic E-state index is 10.8. The van der Waals surface area contributed by atoms with Gasteiger partial charge in [-0.3, -0.25) is 4.79 Å². The van der Waals surface area contributed by atoms with E-state index >= 15 is 0 Å². The van der Waals surface area contributed by atoms with Crippen molar-refractivity contribution in [3.8, 4) is 0 Å². The summed E-state index contributed by atoms with van der Waals surface area (Å²) in [4.78, 5) is 10.8. The van der Waals surface area contributed by atoms with Gasteiger partial charge >= 0.3 is 5.97 Å². The monoisotopic (exact) mass is 176 g/mol. The molecule has 0 N–H and O–H groups in total. The maximum absolute atomic E-state index is 10.8. The predicted octanol–water partition coefficient (Wildman–Crippen LogP) is 0.681. The quantitative estimate of drug-likeness (QED) is 0.590. The molecule has 11 heavy (non-hydrogen) atoms. The van der Waals surface area contributed by atoms with E-state index in [0.29, 0.717) is 17.6 Å². The van der Waals surface area contributed by atoms with Crippen LogP contribution in [0.2, 0.25) is 0 Å². The lowest BCUT2D eigenvalue weighted by atomic mass is 10.4. The second-order valence-corrected chi connectivity index (χ2v) is 3.56. The van der Waals surface area contributed by atoms with Gasteiger partial charge < -0.3 is 9.47 Å². The van der Waals surface area contributed by atoms with Crippen LogP contribution in [0.25, 0.3) is 0 Å². The first kappa shape index (κ1) is 8.87. The van der Waals surface area contributed by atoms with Gasteiger partial charge in [-0.1, -0.05) is 0 Å². The summed E-state index contributed by atoms with van der Waals surface area (Å²) in [5.41, 5.74) is 0. The molecule has 0 amide bonds. The van der Waals surface area contributed by atoms with Gasteiger partial charge in [-0.2, -0.15) is 0 Å². The van der Waals surface area contributed by atoms with Crippen molar-refractivity contribution in [1.82, 2.24) is 0 Å². The predicted molar refractivity (Wildman–Crippen MR) is 43.7 cm³/mol. The number of rotatable bonds is 4. The lowest BCUT2D eigenvalue weighted by Gasteiger charge is -2.24. The van der Waals surface area contributed by atoms with Gasteiger partial charge in [-0.15, -0.1) is 11.8 Å². The summed E-state index contributed by atoms with van der Waals surface area (Å²) in [5, 5.41) is 0.513. The molecule has 0 unspecified atom stereocenters. The average molecular weight is 176 g/mol. The maximum Gasteiger partial charge on any atom is 0.315 e. The molecule has 0 bridgehead atoms. The van der Waals surface area contributed by atoms with Gasteiger partial charge in [-0.25, -0.2) is 0 Å². The zero-order valence-electron chi connectivity index (χ0n) is 6.54. The fraction of sp³-hybridized carbons (Fsp3) is 0.857. The Hall–Kier alpha value is -0.220. The highest BCUT2D eigenvalue weighted by molar-refractivity contribution is 8.00. The highest BCUT2D eigenvalue weighted by atomic mass is 32.2. The van der Waals surface area contributed by atoms with Crippen LogP contribution < -0.4 is 0 Å². The summed E-state index contributed by atoms with van der Waals surface area (Å²) < 4.78 is 9.71. The first-order valence-electron chi connectivity index (χ1n) is 3.68. The number of carbonyl (C=O) groups excluding carboxylic acids is 1. The summed E-state index contributed by atoms with van der Waals surface area (Å²) >= 11 is 1.61.